The van der Waals surface area contributed by atoms with E-state index in [4.69, 9.17) is 14.5 Å². The number of fused-ring (bicyclic) bond motifs is 1. The maximum Gasteiger partial charge on any atom is 0.410 e. The zero-order valence-corrected chi connectivity index (χ0v) is 31.7. The quantitative estimate of drug-likeness (QED) is 0.126. The number of anilines is 1. The van der Waals surface area contributed by atoms with Crippen LogP contribution in [0.1, 0.15) is 47.5 Å². The Hall–Kier alpha value is -4.30. The normalized spacial score (nSPS) is 18.7. The fourth-order valence-electron chi connectivity index (χ4n) is 6.47. The first-order valence-electron chi connectivity index (χ1n) is 17.7. The van der Waals surface area contributed by atoms with Crippen molar-refractivity contribution in [2.45, 2.75) is 97.6 Å². The maximum atomic E-state index is 14.1. The summed E-state index contributed by atoms with van der Waals surface area (Å²) in [6.07, 6.45) is 6.76. The molecule has 4 aromatic rings. The van der Waals surface area contributed by atoms with Gasteiger partial charge in [-0.25, -0.2) is 28.8 Å². The highest BCUT2D eigenvalue weighted by Crippen LogP contribution is 2.32. The summed E-state index contributed by atoms with van der Waals surface area (Å²) >= 11 is 0. The molecule has 268 valence electrons. The van der Waals surface area contributed by atoms with Gasteiger partial charge in [-0.1, -0.05) is 57.8 Å². The zero-order valence-electron chi connectivity index (χ0n) is 30.7. The molecule has 2 unspecified atom stereocenters. The summed E-state index contributed by atoms with van der Waals surface area (Å²) < 4.78 is 15.0. The van der Waals surface area contributed by atoms with Gasteiger partial charge in [0.25, 0.3) is 0 Å². The van der Waals surface area contributed by atoms with Crippen molar-refractivity contribution in [3.8, 4) is 22.5 Å². The maximum absolute atomic E-state index is 14.1. The van der Waals surface area contributed by atoms with Gasteiger partial charge in [0.15, 0.2) is 11.5 Å². The van der Waals surface area contributed by atoms with E-state index >= 15 is 0 Å². The van der Waals surface area contributed by atoms with Gasteiger partial charge < -0.3 is 19.3 Å². The third-order valence-corrected chi connectivity index (χ3v) is 10.9. The van der Waals surface area contributed by atoms with Crippen LogP contribution in [0.3, 0.4) is 0 Å². The van der Waals surface area contributed by atoms with Crippen molar-refractivity contribution in [1.82, 2.24) is 39.2 Å². The fraction of sp³-hybridized carbons (Fsp3) is 0.556. The Kier molecular flexibility index (Phi) is 10.0. The molecule has 2 fully saturated rings. The van der Waals surface area contributed by atoms with Gasteiger partial charge in [0, 0.05) is 51.6 Å². The van der Waals surface area contributed by atoms with Crippen molar-refractivity contribution in [3.63, 3.8) is 0 Å². The summed E-state index contributed by atoms with van der Waals surface area (Å²) in [6.45, 7) is 19.6. The van der Waals surface area contributed by atoms with Crippen molar-refractivity contribution >= 4 is 31.7 Å². The van der Waals surface area contributed by atoms with Gasteiger partial charge in [-0.3, -0.25) is 4.90 Å². The fourth-order valence-corrected chi connectivity index (χ4v) is 7.23. The van der Waals surface area contributed by atoms with E-state index in [0.717, 1.165) is 42.2 Å². The SMILES string of the molecule is CC(C)C1CN(CC2CCCN2C(=O)OC(C)(C)C)C(=O)N1c1ccn2ncc(-c3ccc(-c4ncn(COCC[Si](C)(C)C)n4)cc3)c2n1. The Bertz CT molecular complexity index is 1810. The van der Waals surface area contributed by atoms with Crippen molar-refractivity contribution in [3.05, 3.63) is 49.1 Å². The second kappa shape index (κ2) is 14.1. The lowest BCUT2D eigenvalue weighted by molar-refractivity contribution is 0.0208. The summed E-state index contributed by atoms with van der Waals surface area (Å²) in [4.78, 5) is 42.0. The molecule has 2 aliphatic heterocycles. The molecule has 5 heterocycles. The first-order valence-corrected chi connectivity index (χ1v) is 21.4. The number of urea groups is 1. The van der Waals surface area contributed by atoms with Crippen molar-refractivity contribution in [2.24, 2.45) is 5.92 Å². The summed E-state index contributed by atoms with van der Waals surface area (Å²) in [6, 6.07) is 10.7. The molecule has 0 radical (unpaired) electrons. The molecule has 3 amide bonds. The second-order valence-corrected chi connectivity index (χ2v) is 21.6. The molecule has 1 aromatic carbocycles. The van der Waals surface area contributed by atoms with E-state index in [1.807, 2.05) is 67.1 Å². The van der Waals surface area contributed by atoms with Gasteiger partial charge in [0.05, 0.1) is 18.3 Å². The molecular formula is C36H51N9O4Si. The number of ether oxygens (including phenoxy) is 2. The highest BCUT2D eigenvalue weighted by molar-refractivity contribution is 6.76. The Morgan fingerprint density at radius 1 is 1.08 bits per heavy atom. The molecule has 50 heavy (non-hydrogen) atoms. The van der Waals surface area contributed by atoms with E-state index in [1.54, 1.807) is 26.6 Å². The van der Waals surface area contributed by atoms with Crippen molar-refractivity contribution in [1.29, 1.82) is 0 Å². The van der Waals surface area contributed by atoms with Gasteiger partial charge in [0.2, 0.25) is 0 Å². The van der Waals surface area contributed by atoms with Crippen LogP contribution in [-0.4, -0.2) is 103 Å². The number of carbonyl (C=O) groups is 2. The molecule has 2 atom stereocenters. The Morgan fingerprint density at radius 3 is 2.52 bits per heavy atom. The van der Waals surface area contributed by atoms with E-state index in [0.29, 0.717) is 43.7 Å². The van der Waals surface area contributed by atoms with E-state index in [2.05, 4.69) is 48.7 Å². The third kappa shape index (κ3) is 8.01. The predicted molar refractivity (Wildman–Crippen MR) is 196 cm³/mol. The van der Waals surface area contributed by atoms with Crippen LogP contribution in [0.2, 0.25) is 25.7 Å². The first-order chi connectivity index (χ1) is 23.7. The number of likely N-dealkylation sites (tertiary alicyclic amines) is 1. The second-order valence-electron chi connectivity index (χ2n) is 16.0. The van der Waals surface area contributed by atoms with Gasteiger partial charge in [0.1, 0.15) is 24.5 Å². The smallest absolute Gasteiger partial charge is 0.410 e. The molecule has 3 aromatic heterocycles. The number of hydrogen-bond acceptors (Lipinski definition) is 8. The molecule has 2 saturated heterocycles. The topological polar surface area (TPSA) is 123 Å². The number of aromatic nitrogens is 6. The molecule has 0 N–H and O–H groups in total. The molecule has 0 spiro atoms. The lowest BCUT2D eigenvalue weighted by Gasteiger charge is -2.30. The number of hydrogen-bond donors (Lipinski definition) is 0. The van der Waals surface area contributed by atoms with Gasteiger partial charge in [-0.2, -0.15) is 5.10 Å². The predicted octanol–water partition coefficient (Wildman–Crippen LogP) is 6.63. The number of benzene rings is 1. The molecular weight excluding hydrogens is 651 g/mol. The standard InChI is InChI=1S/C36H51N9O4Si/c1-25(2)30-22-41(21-28-10-9-16-43(28)35(47)49-36(3,4)5)34(46)45(30)31-15-17-44-33(39-31)29(20-38-44)26-11-13-27(14-12-26)32-37-23-42(40-32)24-48-18-19-50(6,7)8/h11-15,17,20,23,25,28,30H,9-10,16,18-19,21-22,24H2,1-8H3. The summed E-state index contributed by atoms with van der Waals surface area (Å²) in [5.41, 5.74) is 2.79. The largest absolute Gasteiger partial charge is 0.444 e. The summed E-state index contributed by atoms with van der Waals surface area (Å²) in [7, 11) is -1.14. The number of carbonyl (C=O) groups excluding carboxylic acids is 2. The van der Waals surface area contributed by atoms with Crippen LogP contribution in [0.25, 0.3) is 28.2 Å². The van der Waals surface area contributed by atoms with Crippen LogP contribution in [0.5, 0.6) is 0 Å². The number of amides is 3. The molecule has 0 bridgehead atoms. The average Bonchev–Trinajstić information content (AvgIpc) is 3.85. The highest BCUT2D eigenvalue weighted by Gasteiger charge is 2.43. The zero-order chi connectivity index (χ0) is 35.8. The van der Waals surface area contributed by atoms with Crippen LogP contribution >= 0.6 is 0 Å². The molecule has 6 rings (SSSR count). The molecule has 2 aliphatic rings. The molecule has 0 aliphatic carbocycles. The molecule has 13 nitrogen and oxygen atoms in total. The average molecular weight is 702 g/mol. The van der Waals surface area contributed by atoms with Crippen LogP contribution in [0.4, 0.5) is 15.4 Å². The van der Waals surface area contributed by atoms with Gasteiger partial charge >= 0.3 is 12.1 Å². The van der Waals surface area contributed by atoms with Crippen molar-refractivity contribution in [2.75, 3.05) is 31.1 Å². The van der Waals surface area contributed by atoms with Crippen LogP contribution in [-0.2, 0) is 16.2 Å². The van der Waals surface area contributed by atoms with Crippen LogP contribution in [0, 0.1) is 5.92 Å². The lowest BCUT2D eigenvalue weighted by Crippen LogP contribution is -2.46. The summed E-state index contributed by atoms with van der Waals surface area (Å²) in [5.74, 6) is 1.41. The minimum Gasteiger partial charge on any atom is -0.444 e. The van der Waals surface area contributed by atoms with E-state index < -0.39 is 13.7 Å². The third-order valence-electron chi connectivity index (χ3n) is 9.23. The monoisotopic (exact) mass is 701 g/mol. The Balaban J connectivity index is 1.17. The van der Waals surface area contributed by atoms with Crippen LogP contribution < -0.4 is 4.90 Å². The minimum absolute atomic E-state index is 0.0717. The molecule has 0 saturated carbocycles. The van der Waals surface area contributed by atoms with Crippen molar-refractivity contribution < 1.29 is 19.1 Å². The van der Waals surface area contributed by atoms with E-state index in [-0.39, 0.29) is 30.1 Å². The van der Waals surface area contributed by atoms with Gasteiger partial charge in [-0.15, -0.1) is 5.10 Å². The Morgan fingerprint density at radius 2 is 1.82 bits per heavy atom. The van der Waals surface area contributed by atoms with Gasteiger partial charge in [-0.05, 0) is 57.2 Å². The number of nitrogens with zero attached hydrogens (tertiary/aromatic N) is 9. The first kappa shape index (κ1) is 35.5. The minimum atomic E-state index is -1.14. The lowest BCUT2D eigenvalue weighted by atomic mass is 10.0. The molecule has 14 heteroatoms. The Labute approximate surface area is 295 Å². The number of rotatable bonds is 11. The van der Waals surface area contributed by atoms with E-state index in [1.165, 1.54) is 0 Å². The van der Waals surface area contributed by atoms with Crippen LogP contribution in [0.15, 0.2) is 49.1 Å². The summed E-state index contributed by atoms with van der Waals surface area (Å²) in [5, 5.41) is 9.16. The highest BCUT2D eigenvalue weighted by atomic mass is 28.3. The van der Waals surface area contributed by atoms with E-state index in [9.17, 15) is 9.59 Å².